The summed E-state index contributed by atoms with van der Waals surface area (Å²) in [5.74, 6) is 0.243. The molecular weight excluding hydrogens is 405 g/mol. The van der Waals surface area contributed by atoms with Gasteiger partial charge in [0.1, 0.15) is 11.6 Å². The molecule has 0 saturated heterocycles. The molecule has 1 amide bonds. The second-order valence-corrected chi connectivity index (χ2v) is 7.91. The first-order chi connectivity index (χ1) is 15.5. The van der Waals surface area contributed by atoms with E-state index in [9.17, 15) is 9.18 Å². The summed E-state index contributed by atoms with van der Waals surface area (Å²) in [5.41, 5.74) is 3.23. The van der Waals surface area contributed by atoms with Crippen molar-refractivity contribution < 1.29 is 13.9 Å². The van der Waals surface area contributed by atoms with Crippen LogP contribution in [0.5, 0.6) is 5.75 Å². The third kappa shape index (κ3) is 4.86. The van der Waals surface area contributed by atoms with Gasteiger partial charge in [-0.2, -0.15) is 5.10 Å². The van der Waals surface area contributed by atoms with Crippen LogP contribution in [0, 0.1) is 5.82 Å². The van der Waals surface area contributed by atoms with E-state index in [4.69, 9.17) is 4.74 Å². The Hall–Kier alpha value is -3.51. The maximum atomic E-state index is 14.6. The van der Waals surface area contributed by atoms with Gasteiger partial charge in [0.2, 0.25) is 0 Å². The zero-order valence-electron chi connectivity index (χ0n) is 18.2. The molecule has 1 heterocycles. The Balaban J connectivity index is 1.57. The fourth-order valence-corrected chi connectivity index (χ4v) is 3.94. The molecule has 3 aromatic rings. The van der Waals surface area contributed by atoms with E-state index in [0.29, 0.717) is 18.5 Å². The van der Waals surface area contributed by atoms with Gasteiger partial charge in [-0.15, -0.1) is 0 Å². The van der Waals surface area contributed by atoms with Crippen LogP contribution in [0.2, 0.25) is 0 Å². The summed E-state index contributed by atoms with van der Waals surface area (Å²) in [6.07, 6.45) is 0.446. The predicted molar refractivity (Wildman–Crippen MR) is 123 cm³/mol. The summed E-state index contributed by atoms with van der Waals surface area (Å²) < 4.78 is 19.9. The summed E-state index contributed by atoms with van der Waals surface area (Å²) in [6.45, 7) is 0.819. The van der Waals surface area contributed by atoms with Gasteiger partial charge in [-0.25, -0.2) is 9.40 Å². The maximum absolute atomic E-state index is 14.6. The van der Waals surface area contributed by atoms with Crippen LogP contribution in [0.1, 0.15) is 29.2 Å². The lowest BCUT2D eigenvalue weighted by atomic mass is 9.98. The highest BCUT2D eigenvalue weighted by Gasteiger charge is 2.34. The molecule has 32 heavy (non-hydrogen) atoms. The van der Waals surface area contributed by atoms with Crippen molar-refractivity contribution in [3.8, 4) is 5.75 Å². The van der Waals surface area contributed by atoms with Crippen LogP contribution in [-0.2, 0) is 11.3 Å². The first kappa shape index (κ1) is 21.7. The molecule has 0 aromatic heterocycles. The van der Waals surface area contributed by atoms with Crippen molar-refractivity contribution in [3.05, 3.63) is 101 Å². The summed E-state index contributed by atoms with van der Waals surface area (Å²) >= 11 is 0. The van der Waals surface area contributed by atoms with Gasteiger partial charge in [0, 0.05) is 18.5 Å². The minimum atomic E-state index is -0.481. The molecule has 3 aromatic carbocycles. The number of nitrogens with zero attached hydrogens (tertiary/aromatic N) is 3. The van der Waals surface area contributed by atoms with Gasteiger partial charge in [-0.1, -0.05) is 48.5 Å². The van der Waals surface area contributed by atoms with Crippen molar-refractivity contribution in [2.24, 2.45) is 5.10 Å². The molecule has 1 atom stereocenters. The number of likely N-dealkylation sites (N-methyl/N-ethyl adjacent to an activating group) is 1. The van der Waals surface area contributed by atoms with Gasteiger partial charge >= 0.3 is 0 Å². The molecular formula is C26H26FN3O2. The normalized spacial score (nSPS) is 15.7. The molecule has 0 spiro atoms. The lowest BCUT2D eigenvalue weighted by Crippen LogP contribution is -2.36. The summed E-state index contributed by atoms with van der Waals surface area (Å²) in [4.78, 5) is 15.2. The molecule has 6 heteroatoms. The molecule has 1 unspecified atom stereocenters. The van der Waals surface area contributed by atoms with E-state index >= 15 is 0 Å². The molecule has 164 valence electrons. The Kier molecular flexibility index (Phi) is 6.61. The number of methoxy groups -OCH3 is 1. The molecule has 0 N–H and O–H groups in total. The average Bonchev–Trinajstić information content (AvgIpc) is 3.25. The second-order valence-electron chi connectivity index (χ2n) is 7.91. The first-order valence-corrected chi connectivity index (χ1v) is 10.6. The van der Waals surface area contributed by atoms with Crippen molar-refractivity contribution in [3.63, 3.8) is 0 Å². The van der Waals surface area contributed by atoms with Crippen LogP contribution >= 0.6 is 0 Å². The average molecular weight is 432 g/mol. The quantitative estimate of drug-likeness (QED) is 0.547. The number of rotatable bonds is 7. The first-order valence-electron chi connectivity index (χ1n) is 10.6. The van der Waals surface area contributed by atoms with Crippen molar-refractivity contribution in [2.75, 3.05) is 20.7 Å². The molecule has 0 saturated carbocycles. The third-order valence-electron chi connectivity index (χ3n) is 5.55. The van der Waals surface area contributed by atoms with Gasteiger partial charge in [0.15, 0.2) is 0 Å². The zero-order chi connectivity index (χ0) is 22.5. The molecule has 0 bridgehead atoms. The SMILES string of the molecule is COc1ccc(C2=NN(C(=O)CN(C)Cc3ccccc3)C(c3ccccc3F)C2)cc1. The Labute approximate surface area is 187 Å². The molecule has 1 aliphatic heterocycles. The lowest BCUT2D eigenvalue weighted by molar-refractivity contribution is -0.134. The van der Waals surface area contributed by atoms with E-state index in [0.717, 1.165) is 22.6 Å². The highest BCUT2D eigenvalue weighted by molar-refractivity contribution is 6.03. The number of benzene rings is 3. The largest absolute Gasteiger partial charge is 0.497 e. The fraction of sp³-hybridized carbons (Fsp3) is 0.231. The van der Waals surface area contributed by atoms with Gasteiger partial charge < -0.3 is 4.74 Å². The molecule has 1 aliphatic rings. The number of carbonyl (C=O) groups excluding carboxylic acids is 1. The Morgan fingerprint density at radius 2 is 1.75 bits per heavy atom. The van der Waals surface area contributed by atoms with Crippen LogP contribution in [0.15, 0.2) is 84.0 Å². The number of halogens is 1. The number of hydrogen-bond acceptors (Lipinski definition) is 4. The molecule has 4 rings (SSSR count). The van der Waals surface area contributed by atoms with Gasteiger partial charge in [0.05, 0.1) is 25.4 Å². The lowest BCUT2D eigenvalue weighted by Gasteiger charge is -2.25. The Morgan fingerprint density at radius 1 is 1.06 bits per heavy atom. The van der Waals surface area contributed by atoms with Crippen LogP contribution in [-0.4, -0.2) is 42.2 Å². The standard InChI is InChI=1S/C26H26FN3O2/c1-29(17-19-8-4-3-5-9-19)18-26(31)30-25(22-10-6-7-11-23(22)27)16-24(28-30)20-12-14-21(32-2)15-13-20/h3-15,25H,16-18H2,1-2H3. The fourth-order valence-electron chi connectivity index (χ4n) is 3.94. The number of ether oxygens (including phenoxy) is 1. The highest BCUT2D eigenvalue weighted by Crippen LogP contribution is 2.34. The van der Waals surface area contributed by atoms with Crippen molar-refractivity contribution in [1.82, 2.24) is 9.91 Å². The topological polar surface area (TPSA) is 45.1 Å². The Morgan fingerprint density at radius 3 is 2.44 bits per heavy atom. The predicted octanol–water partition coefficient (Wildman–Crippen LogP) is 4.64. The maximum Gasteiger partial charge on any atom is 0.257 e. The minimum absolute atomic E-state index is 0.166. The smallest absolute Gasteiger partial charge is 0.257 e. The zero-order valence-corrected chi connectivity index (χ0v) is 18.2. The van der Waals surface area contributed by atoms with E-state index in [-0.39, 0.29) is 18.3 Å². The summed E-state index contributed by atoms with van der Waals surface area (Å²) in [7, 11) is 3.51. The Bertz CT molecular complexity index is 1100. The number of amides is 1. The van der Waals surface area contributed by atoms with E-state index < -0.39 is 6.04 Å². The number of hydrazone groups is 1. The van der Waals surface area contributed by atoms with Gasteiger partial charge in [-0.05, 0) is 48.5 Å². The van der Waals surface area contributed by atoms with Crippen molar-refractivity contribution in [2.45, 2.75) is 19.0 Å². The van der Waals surface area contributed by atoms with Crippen LogP contribution in [0.25, 0.3) is 0 Å². The monoisotopic (exact) mass is 431 g/mol. The summed E-state index contributed by atoms with van der Waals surface area (Å²) in [5, 5.41) is 6.08. The van der Waals surface area contributed by atoms with Gasteiger partial charge in [0.25, 0.3) is 5.91 Å². The third-order valence-corrected chi connectivity index (χ3v) is 5.55. The molecule has 0 fully saturated rings. The highest BCUT2D eigenvalue weighted by atomic mass is 19.1. The summed E-state index contributed by atoms with van der Waals surface area (Å²) in [6, 6.07) is 23.6. The number of carbonyl (C=O) groups is 1. The second kappa shape index (κ2) is 9.75. The van der Waals surface area contributed by atoms with Crippen LogP contribution < -0.4 is 4.74 Å². The molecule has 5 nitrogen and oxygen atoms in total. The molecule has 0 aliphatic carbocycles. The van der Waals surface area contributed by atoms with Crippen LogP contribution in [0.4, 0.5) is 4.39 Å². The van der Waals surface area contributed by atoms with E-state index in [1.165, 1.54) is 11.1 Å². The van der Waals surface area contributed by atoms with Crippen LogP contribution in [0.3, 0.4) is 0 Å². The number of hydrogen-bond donors (Lipinski definition) is 0. The molecule has 0 radical (unpaired) electrons. The van der Waals surface area contributed by atoms with Crippen molar-refractivity contribution in [1.29, 1.82) is 0 Å². The van der Waals surface area contributed by atoms with Crippen molar-refractivity contribution >= 4 is 11.6 Å². The van der Waals surface area contributed by atoms with E-state index in [2.05, 4.69) is 5.10 Å². The van der Waals surface area contributed by atoms with E-state index in [1.807, 2.05) is 66.5 Å². The van der Waals surface area contributed by atoms with E-state index in [1.54, 1.807) is 25.3 Å². The van der Waals surface area contributed by atoms with Gasteiger partial charge in [-0.3, -0.25) is 9.69 Å². The minimum Gasteiger partial charge on any atom is -0.497 e.